The number of anilines is 1. The van der Waals surface area contributed by atoms with E-state index in [0.29, 0.717) is 27.4 Å². The number of hydrogen-bond donors (Lipinski definition) is 1. The van der Waals surface area contributed by atoms with Gasteiger partial charge in [-0.05, 0) is 70.2 Å². The molecule has 158 valence electrons. The molecular formula is C23H25NO5S. The number of amides is 1. The van der Waals surface area contributed by atoms with Crippen molar-refractivity contribution >= 4 is 34.0 Å². The van der Waals surface area contributed by atoms with Gasteiger partial charge in [-0.25, -0.2) is 4.79 Å². The van der Waals surface area contributed by atoms with Crippen molar-refractivity contribution < 1.29 is 23.9 Å². The predicted octanol–water partition coefficient (Wildman–Crippen LogP) is 4.80. The molecule has 1 aliphatic heterocycles. The zero-order chi connectivity index (χ0) is 21.5. The van der Waals surface area contributed by atoms with Crippen LogP contribution in [0.5, 0.6) is 5.75 Å². The van der Waals surface area contributed by atoms with Gasteiger partial charge in [-0.3, -0.25) is 9.59 Å². The Morgan fingerprint density at radius 1 is 1.23 bits per heavy atom. The number of aryl methyl sites for hydroxylation is 1. The summed E-state index contributed by atoms with van der Waals surface area (Å²) < 4.78 is 11.1. The summed E-state index contributed by atoms with van der Waals surface area (Å²) in [4.78, 5) is 39.2. The first kappa shape index (κ1) is 20.6. The molecule has 30 heavy (non-hydrogen) atoms. The van der Waals surface area contributed by atoms with Crippen molar-refractivity contribution in [3.05, 3.63) is 45.3 Å². The van der Waals surface area contributed by atoms with Crippen LogP contribution in [0.4, 0.5) is 5.00 Å². The molecule has 2 aromatic rings. The highest BCUT2D eigenvalue weighted by molar-refractivity contribution is 7.17. The number of thiophene rings is 1. The molecule has 1 aromatic carbocycles. The van der Waals surface area contributed by atoms with Gasteiger partial charge in [0.15, 0.2) is 5.78 Å². The van der Waals surface area contributed by atoms with Gasteiger partial charge < -0.3 is 14.8 Å². The van der Waals surface area contributed by atoms with E-state index in [1.807, 2.05) is 13.8 Å². The second kappa shape index (κ2) is 7.87. The molecule has 0 spiro atoms. The van der Waals surface area contributed by atoms with E-state index in [4.69, 9.17) is 9.47 Å². The third-order valence-electron chi connectivity index (χ3n) is 5.39. The average molecular weight is 428 g/mol. The molecule has 7 heteroatoms. The molecular weight excluding hydrogens is 402 g/mol. The fourth-order valence-electron chi connectivity index (χ4n) is 4.04. The number of nitrogens with one attached hydrogen (secondary N) is 1. The second-order valence-electron chi connectivity index (χ2n) is 8.26. The van der Waals surface area contributed by atoms with E-state index in [1.165, 1.54) is 11.3 Å². The van der Waals surface area contributed by atoms with Crippen molar-refractivity contribution in [2.24, 2.45) is 0 Å². The van der Waals surface area contributed by atoms with Gasteiger partial charge in [0, 0.05) is 10.4 Å². The highest BCUT2D eigenvalue weighted by atomic mass is 32.1. The number of fused-ring (bicyclic) bond motifs is 2. The molecule has 0 saturated carbocycles. The van der Waals surface area contributed by atoms with Crippen LogP contribution in [0.25, 0.3) is 0 Å². The lowest BCUT2D eigenvalue weighted by molar-refractivity contribution is 0.0525. The molecule has 0 atom stereocenters. The summed E-state index contributed by atoms with van der Waals surface area (Å²) in [6, 6.07) is 4.87. The van der Waals surface area contributed by atoms with Gasteiger partial charge in [0.05, 0.1) is 24.2 Å². The van der Waals surface area contributed by atoms with Crippen LogP contribution in [0.2, 0.25) is 0 Å². The van der Waals surface area contributed by atoms with Gasteiger partial charge in [-0.2, -0.15) is 0 Å². The Morgan fingerprint density at radius 2 is 2.00 bits per heavy atom. The first-order valence-electron chi connectivity index (χ1n) is 10.3. The first-order chi connectivity index (χ1) is 14.3. The van der Waals surface area contributed by atoms with Crippen molar-refractivity contribution in [2.45, 2.75) is 58.5 Å². The minimum absolute atomic E-state index is 0.0466. The van der Waals surface area contributed by atoms with Crippen molar-refractivity contribution in [3.8, 4) is 5.75 Å². The maximum absolute atomic E-state index is 13.0. The Labute approximate surface area is 179 Å². The highest BCUT2D eigenvalue weighted by Gasteiger charge is 2.33. The summed E-state index contributed by atoms with van der Waals surface area (Å²) in [7, 11) is 0. The highest BCUT2D eigenvalue weighted by Crippen LogP contribution is 2.39. The van der Waals surface area contributed by atoms with Gasteiger partial charge >= 0.3 is 5.97 Å². The second-order valence-corrected chi connectivity index (χ2v) is 9.37. The fourth-order valence-corrected chi connectivity index (χ4v) is 5.31. The maximum atomic E-state index is 13.0. The number of Topliss-reactive ketones (excluding diaryl/α,β-unsaturated/α-hetero) is 1. The number of carbonyl (C=O) groups is 3. The number of benzene rings is 1. The number of ketones is 1. The van der Waals surface area contributed by atoms with E-state index in [1.54, 1.807) is 25.1 Å². The lowest BCUT2D eigenvalue weighted by Gasteiger charge is -2.31. The molecule has 0 unspecified atom stereocenters. The molecule has 0 bridgehead atoms. The summed E-state index contributed by atoms with van der Waals surface area (Å²) in [6.07, 6.45) is 4.08. The van der Waals surface area contributed by atoms with Crippen LogP contribution in [0.15, 0.2) is 18.2 Å². The van der Waals surface area contributed by atoms with Crippen LogP contribution in [0.1, 0.15) is 81.5 Å². The standard InChI is InChI=1S/C23H25NO5S/c1-4-28-22(27)19-14-7-5-6-8-18(14)30-21(19)24-20(26)13-9-10-17-15(11-13)16(25)12-23(2,3)29-17/h9-11H,4-8,12H2,1-3H3,(H,24,26). The number of carbonyl (C=O) groups excluding carboxylic acids is 3. The minimum atomic E-state index is -0.557. The van der Waals surface area contributed by atoms with Crippen LogP contribution < -0.4 is 10.1 Å². The number of rotatable bonds is 4. The van der Waals surface area contributed by atoms with Crippen molar-refractivity contribution in [1.82, 2.24) is 0 Å². The summed E-state index contributed by atoms with van der Waals surface area (Å²) in [5, 5.41) is 3.41. The summed E-state index contributed by atoms with van der Waals surface area (Å²) >= 11 is 1.44. The third-order valence-corrected chi connectivity index (χ3v) is 6.60. The van der Waals surface area contributed by atoms with Gasteiger partial charge in [-0.1, -0.05) is 0 Å². The van der Waals surface area contributed by atoms with Gasteiger partial charge in [0.1, 0.15) is 16.4 Å². The zero-order valence-electron chi connectivity index (χ0n) is 17.4. The van der Waals surface area contributed by atoms with Crippen LogP contribution in [0, 0.1) is 0 Å². The Balaban J connectivity index is 1.63. The van der Waals surface area contributed by atoms with E-state index in [-0.39, 0.29) is 24.7 Å². The molecule has 2 heterocycles. The Morgan fingerprint density at radius 3 is 2.77 bits per heavy atom. The zero-order valence-corrected chi connectivity index (χ0v) is 18.2. The lowest BCUT2D eigenvalue weighted by Crippen LogP contribution is -2.36. The predicted molar refractivity (Wildman–Crippen MR) is 115 cm³/mol. The molecule has 4 rings (SSSR count). The number of hydrogen-bond acceptors (Lipinski definition) is 6. The molecule has 2 aliphatic rings. The van der Waals surface area contributed by atoms with Crippen LogP contribution >= 0.6 is 11.3 Å². The normalized spacial score (nSPS) is 16.8. The summed E-state index contributed by atoms with van der Waals surface area (Å²) in [5.41, 5.74) is 1.68. The van der Waals surface area contributed by atoms with Gasteiger partial charge in [-0.15, -0.1) is 11.3 Å². The van der Waals surface area contributed by atoms with E-state index >= 15 is 0 Å². The average Bonchev–Trinajstić information content (AvgIpc) is 3.04. The van der Waals surface area contributed by atoms with Crippen molar-refractivity contribution in [3.63, 3.8) is 0 Å². The Bertz CT molecular complexity index is 1040. The first-order valence-corrected chi connectivity index (χ1v) is 11.1. The van der Waals surface area contributed by atoms with Crippen LogP contribution in [-0.4, -0.2) is 29.9 Å². The Kier molecular flexibility index (Phi) is 5.40. The fraction of sp³-hybridized carbons (Fsp3) is 0.435. The van der Waals surface area contributed by atoms with Crippen LogP contribution in [0.3, 0.4) is 0 Å². The third kappa shape index (κ3) is 3.86. The molecule has 0 saturated heterocycles. The summed E-state index contributed by atoms with van der Waals surface area (Å²) in [6.45, 7) is 5.77. The lowest BCUT2D eigenvalue weighted by atomic mass is 9.92. The number of esters is 1. The topological polar surface area (TPSA) is 81.7 Å². The maximum Gasteiger partial charge on any atom is 0.341 e. The molecule has 1 aromatic heterocycles. The molecule has 6 nitrogen and oxygen atoms in total. The largest absolute Gasteiger partial charge is 0.487 e. The monoisotopic (exact) mass is 427 g/mol. The van der Waals surface area contributed by atoms with E-state index in [9.17, 15) is 14.4 Å². The van der Waals surface area contributed by atoms with Gasteiger partial charge in [0.25, 0.3) is 5.91 Å². The van der Waals surface area contributed by atoms with Gasteiger partial charge in [0.2, 0.25) is 0 Å². The quantitative estimate of drug-likeness (QED) is 0.709. The number of ether oxygens (including phenoxy) is 2. The minimum Gasteiger partial charge on any atom is -0.487 e. The van der Waals surface area contributed by atoms with Crippen molar-refractivity contribution in [1.29, 1.82) is 0 Å². The molecule has 0 fully saturated rings. The molecule has 1 aliphatic carbocycles. The molecule has 1 amide bonds. The van der Waals surface area contributed by atoms with Crippen LogP contribution in [-0.2, 0) is 17.6 Å². The SMILES string of the molecule is CCOC(=O)c1c(NC(=O)c2ccc3c(c2)C(=O)CC(C)(C)O3)sc2c1CCCC2. The van der Waals surface area contributed by atoms with E-state index < -0.39 is 11.6 Å². The Hall–Kier alpha value is -2.67. The smallest absolute Gasteiger partial charge is 0.341 e. The molecule has 0 radical (unpaired) electrons. The van der Waals surface area contributed by atoms with E-state index in [0.717, 1.165) is 36.1 Å². The van der Waals surface area contributed by atoms with E-state index in [2.05, 4.69) is 5.32 Å². The molecule has 1 N–H and O–H groups in total. The summed E-state index contributed by atoms with van der Waals surface area (Å²) in [5.74, 6) is -0.315. The van der Waals surface area contributed by atoms with Crippen molar-refractivity contribution in [2.75, 3.05) is 11.9 Å².